The summed E-state index contributed by atoms with van der Waals surface area (Å²) in [6, 6.07) is 25.4. The van der Waals surface area contributed by atoms with Crippen LogP contribution in [-0.4, -0.2) is 34.1 Å². The van der Waals surface area contributed by atoms with E-state index in [1.54, 1.807) is 30.3 Å². The quantitative estimate of drug-likeness (QED) is 0.0884. The van der Waals surface area contributed by atoms with Crippen molar-refractivity contribution >= 4 is 41.0 Å². The molecule has 2 amide bonds. The van der Waals surface area contributed by atoms with Gasteiger partial charge in [-0.25, -0.2) is 5.43 Å². The molecule has 5 aromatic rings. The lowest BCUT2D eigenvalue weighted by atomic mass is 10.2. The summed E-state index contributed by atoms with van der Waals surface area (Å²) in [5.74, 6) is -0.356. The van der Waals surface area contributed by atoms with Gasteiger partial charge in [0.05, 0.1) is 11.1 Å². The van der Waals surface area contributed by atoms with Gasteiger partial charge in [-0.2, -0.15) is 5.10 Å². The van der Waals surface area contributed by atoms with Crippen LogP contribution in [0.1, 0.15) is 33.3 Å². The molecule has 0 bridgehead atoms. The first-order chi connectivity index (χ1) is 22.2. The van der Waals surface area contributed by atoms with E-state index in [1.807, 2.05) is 38.1 Å². The third-order valence-corrected chi connectivity index (χ3v) is 6.95. The molecule has 0 saturated carbocycles. The number of aryl methyl sites for hydroxylation is 2. The lowest BCUT2D eigenvalue weighted by Crippen LogP contribution is -2.21. The monoisotopic (exact) mass is 641 g/mol. The van der Waals surface area contributed by atoms with Crippen LogP contribution in [0.15, 0.2) is 101 Å². The molecule has 3 aromatic carbocycles. The van der Waals surface area contributed by atoms with E-state index >= 15 is 0 Å². The molecule has 2 heterocycles. The highest BCUT2D eigenvalue weighted by molar-refractivity contribution is 6.30. The highest BCUT2D eigenvalue weighted by Crippen LogP contribution is 2.30. The van der Waals surface area contributed by atoms with Crippen molar-refractivity contribution in [3.05, 3.63) is 135 Å². The van der Waals surface area contributed by atoms with Crippen LogP contribution in [0.4, 0.5) is 11.4 Å². The Labute approximate surface area is 268 Å². The average molecular weight is 642 g/mol. The van der Waals surface area contributed by atoms with Crippen molar-refractivity contribution in [3.63, 3.8) is 0 Å². The summed E-state index contributed by atoms with van der Waals surface area (Å²) in [6.45, 7) is 3.66. The van der Waals surface area contributed by atoms with Crippen molar-refractivity contribution in [2.24, 2.45) is 5.10 Å². The number of rotatable bonds is 12. The van der Waals surface area contributed by atoms with Crippen molar-refractivity contribution in [1.29, 1.82) is 0 Å². The number of nitrogens with zero attached hydrogens (tertiary/aromatic N) is 3. The van der Waals surface area contributed by atoms with E-state index in [4.69, 9.17) is 25.5 Å². The fraction of sp³-hybridized carbons (Fsp3) is 0.121. The van der Waals surface area contributed by atoms with Crippen LogP contribution in [0.3, 0.4) is 0 Å². The SMILES string of the molecule is Cc1ccc(C)n1-c1ccc(OCc2ccc(C(=O)N/N=C/c3cccc([N+](=O)[O-])c3OCC(=O)Nc3ccc(Cl)cc3)o2)cc1. The minimum absolute atomic E-state index is 0.0148. The Morgan fingerprint density at radius 3 is 2.37 bits per heavy atom. The van der Waals surface area contributed by atoms with Gasteiger partial charge in [-0.3, -0.25) is 19.7 Å². The largest absolute Gasteiger partial charge is 0.486 e. The van der Waals surface area contributed by atoms with E-state index in [-0.39, 0.29) is 29.4 Å². The maximum Gasteiger partial charge on any atom is 0.311 e. The summed E-state index contributed by atoms with van der Waals surface area (Å²) >= 11 is 5.86. The number of anilines is 1. The summed E-state index contributed by atoms with van der Waals surface area (Å²) < 4.78 is 19.1. The zero-order chi connectivity index (χ0) is 32.6. The van der Waals surface area contributed by atoms with Gasteiger partial charge in [0, 0.05) is 39.4 Å². The first-order valence-electron chi connectivity index (χ1n) is 13.9. The fourth-order valence-corrected chi connectivity index (χ4v) is 4.65. The molecular weight excluding hydrogens is 614 g/mol. The van der Waals surface area contributed by atoms with Crippen molar-refractivity contribution in [3.8, 4) is 17.2 Å². The van der Waals surface area contributed by atoms with Gasteiger partial charge in [0.15, 0.2) is 12.4 Å². The number of halogens is 1. The van der Waals surface area contributed by atoms with Gasteiger partial charge in [-0.1, -0.05) is 17.7 Å². The lowest BCUT2D eigenvalue weighted by molar-refractivity contribution is -0.385. The van der Waals surface area contributed by atoms with Crippen molar-refractivity contribution in [2.45, 2.75) is 20.5 Å². The lowest BCUT2D eigenvalue weighted by Gasteiger charge is -2.10. The second-order valence-corrected chi connectivity index (χ2v) is 10.4. The summed E-state index contributed by atoms with van der Waals surface area (Å²) in [4.78, 5) is 36.0. The predicted molar refractivity (Wildman–Crippen MR) is 172 cm³/mol. The van der Waals surface area contributed by atoms with Gasteiger partial charge in [0.1, 0.15) is 18.1 Å². The molecule has 0 aliphatic carbocycles. The van der Waals surface area contributed by atoms with Crippen LogP contribution in [0.2, 0.25) is 5.02 Å². The standard InChI is InChI=1S/C33H28ClN5O7/c1-21-6-7-22(2)38(21)26-12-14-27(15-13-26)44-19-28-16-17-30(46-28)33(41)37-35-18-23-4-3-5-29(39(42)43)32(23)45-20-31(40)36-25-10-8-24(34)9-11-25/h3-18H,19-20H2,1-2H3,(H,36,40)(H,37,41)/b35-18+. The van der Waals surface area contributed by atoms with Crippen LogP contribution in [-0.2, 0) is 11.4 Å². The summed E-state index contributed by atoms with van der Waals surface area (Å²) in [7, 11) is 0. The molecule has 0 aliphatic rings. The van der Waals surface area contributed by atoms with Gasteiger partial charge >= 0.3 is 11.6 Å². The maximum absolute atomic E-state index is 12.6. The van der Waals surface area contributed by atoms with Crippen LogP contribution in [0.25, 0.3) is 5.69 Å². The van der Waals surface area contributed by atoms with Crippen LogP contribution >= 0.6 is 11.6 Å². The molecule has 0 spiro atoms. The van der Waals surface area contributed by atoms with Crippen LogP contribution in [0, 0.1) is 24.0 Å². The van der Waals surface area contributed by atoms with Crippen LogP contribution in [0.5, 0.6) is 11.5 Å². The number of para-hydroxylation sites is 1. The molecule has 2 aromatic heterocycles. The Morgan fingerprint density at radius 1 is 0.957 bits per heavy atom. The summed E-state index contributed by atoms with van der Waals surface area (Å²) in [6.07, 6.45) is 1.17. The second kappa shape index (κ2) is 14.3. The fourth-order valence-electron chi connectivity index (χ4n) is 4.53. The second-order valence-electron chi connectivity index (χ2n) is 10.00. The number of aromatic nitrogens is 1. The number of nitro benzene ring substituents is 1. The van der Waals surface area contributed by atoms with E-state index < -0.39 is 23.3 Å². The van der Waals surface area contributed by atoms with Crippen molar-refractivity contribution in [1.82, 2.24) is 9.99 Å². The molecule has 0 aliphatic heterocycles. The number of benzene rings is 3. The van der Waals surface area contributed by atoms with Gasteiger partial charge in [0.25, 0.3) is 5.91 Å². The minimum Gasteiger partial charge on any atom is -0.486 e. The van der Waals surface area contributed by atoms with E-state index in [1.165, 1.54) is 30.5 Å². The first kappa shape index (κ1) is 31.5. The van der Waals surface area contributed by atoms with E-state index in [0.717, 1.165) is 17.1 Å². The number of carbonyl (C=O) groups excluding carboxylic acids is 2. The Morgan fingerprint density at radius 2 is 1.67 bits per heavy atom. The van der Waals surface area contributed by atoms with E-state index in [9.17, 15) is 19.7 Å². The molecule has 46 heavy (non-hydrogen) atoms. The number of ether oxygens (including phenoxy) is 2. The number of amides is 2. The maximum atomic E-state index is 12.6. The first-order valence-corrected chi connectivity index (χ1v) is 14.3. The van der Waals surface area contributed by atoms with E-state index in [2.05, 4.69) is 32.5 Å². The number of hydrazone groups is 1. The van der Waals surface area contributed by atoms with Gasteiger partial charge in [-0.15, -0.1) is 0 Å². The molecule has 13 heteroatoms. The number of nitro groups is 1. The summed E-state index contributed by atoms with van der Waals surface area (Å²) in [5.41, 5.74) is 5.86. The Kier molecular flexibility index (Phi) is 9.78. The Balaban J connectivity index is 1.17. The number of hydrogen-bond donors (Lipinski definition) is 2. The molecular formula is C33H28ClN5O7. The van der Waals surface area contributed by atoms with Crippen molar-refractivity contribution in [2.75, 3.05) is 11.9 Å². The van der Waals surface area contributed by atoms with Gasteiger partial charge < -0.3 is 23.8 Å². The normalized spacial score (nSPS) is 10.9. The Hall–Kier alpha value is -5.88. The summed E-state index contributed by atoms with van der Waals surface area (Å²) in [5, 5.41) is 18.6. The molecule has 2 N–H and O–H groups in total. The highest BCUT2D eigenvalue weighted by Gasteiger charge is 2.20. The number of hydrogen-bond acceptors (Lipinski definition) is 8. The molecule has 0 saturated heterocycles. The number of furan rings is 1. The zero-order valence-corrected chi connectivity index (χ0v) is 25.5. The molecule has 0 unspecified atom stereocenters. The molecule has 0 fully saturated rings. The van der Waals surface area contributed by atoms with Gasteiger partial charge in [-0.05, 0) is 92.7 Å². The van der Waals surface area contributed by atoms with Crippen molar-refractivity contribution < 1.29 is 28.4 Å². The minimum atomic E-state index is -0.653. The molecule has 12 nitrogen and oxygen atoms in total. The third-order valence-electron chi connectivity index (χ3n) is 6.70. The van der Waals surface area contributed by atoms with Crippen LogP contribution < -0.4 is 20.2 Å². The third kappa shape index (κ3) is 7.79. The average Bonchev–Trinajstić information content (AvgIpc) is 3.66. The zero-order valence-electron chi connectivity index (χ0n) is 24.7. The molecule has 0 radical (unpaired) electrons. The van der Waals surface area contributed by atoms with E-state index in [0.29, 0.717) is 22.2 Å². The number of nitrogens with one attached hydrogen (secondary N) is 2. The molecule has 5 rings (SSSR count). The van der Waals surface area contributed by atoms with Gasteiger partial charge in [0.2, 0.25) is 5.75 Å². The molecule has 0 atom stereocenters. The Bertz CT molecular complexity index is 1880. The smallest absolute Gasteiger partial charge is 0.311 e. The highest BCUT2D eigenvalue weighted by atomic mass is 35.5. The molecule has 234 valence electrons. The number of carbonyl (C=O) groups is 2. The predicted octanol–water partition coefficient (Wildman–Crippen LogP) is 6.61. The topological polar surface area (TPSA) is 150 Å².